The average molecular weight is 309 g/mol. The van der Waals surface area contributed by atoms with Gasteiger partial charge in [-0.25, -0.2) is 0 Å². The summed E-state index contributed by atoms with van der Waals surface area (Å²) in [6, 6.07) is 20.6. The van der Waals surface area contributed by atoms with Crippen LogP contribution in [0.5, 0.6) is 0 Å². The lowest BCUT2D eigenvalue weighted by Crippen LogP contribution is -2.74. The maximum absolute atomic E-state index is 11.4. The number of aliphatic hydroxyl groups is 1. The summed E-state index contributed by atoms with van der Waals surface area (Å²) in [5.74, 6) is 0. The van der Waals surface area contributed by atoms with E-state index in [1.807, 2.05) is 41.5 Å². The van der Waals surface area contributed by atoms with Crippen molar-refractivity contribution in [1.82, 2.24) is 5.06 Å². The van der Waals surface area contributed by atoms with E-state index in [9.17, 15) is 5.11 Å². The number of aryl methyl sites for hydroxylation is 1. The van der Waals surface area contributed by atoms with Crippen molar-refractivity contribution in [2.45, 2.75) is 36.9 Å². The zero-order chi connectivity index (χ0) is 15.8. The quantitative estimate of drug-likeness (QED) is 0.920. The minimum Gasteiger partial charge on any atom is -0.382 e. The highest BCUT2D eigenvalue weighted by atomic mass is 16.7. The third-order valence-electron chi connectivity index (χ3n) is 5.35. The molecule has 0 saturated carbocycles. The zero-order valence-electron chi connectivity index (χ0n) is 13.3. The van der Waals surface area contributed by atoms with Crippen molar-refractivity contribution in [2.24, 2.45) is 0 Å². The van der Waals surface area contributed by atoms with Gasteiger partial charge in [0.2, 0.25) is 0 Å². The molecule has 5 rings (SSSR count). The van der Waals surface area contributed by atoms with Gasteiger partial charge in [-0.1, -0.05) is 60.7 Å². The highest BCUT2D eigenvalue weighted by Crippen LogP contribution is 2.51. The molecule has 3 nitrogen and oxygen atoms in total. The highest BCUT2D eigenvalue weighted by molar-refractivity contribution is 5.29. The first-order valence-corrected chi connectivity index (χ1v) is 8.48. The molecular formula is C20H23NO2. The number of hydroxylamine groups is 2. The van der Waals surface area contributed by atoms with Crippen molar-refractivity contribution >= 4 is 0 Å². The number of piperidine rings is 1. The molecule has 3 unspecified atom stereocenters. The number of hydrogen-bond donors (Lipinski definition) is 1. The Morgan fingerprint density at radius 3 is 2.35 bits per heavy atom. The van der Waals surface area contributed by atoms with Crippen LogP contribution in [0.1, 0.15) is 30.4 Å². The highest BCUT2D eigenvalue weighted by Gasteiger charge is 2.63. The van der Waals surface area contributed by atoms with Gasteiger partial charge in [0.1, 0.15) is 11.2 Å². The minimum absolute atomic E-state index is 0.457. The van der Waals surface area contributed by atoms with E-state index in [-0.39, 0.29) is 0 Å². The molecular weight excluding hydrogens is 286 g/mol. The van der Waals surface area contributed by atoms with Crippen LogP contribution in [0, 0.1) is 0 Å². The van der Waals surface area contributed by atoms with E-state index in [1.54, 1.807) is 0 Å². The molecule has 3 saturated heterocycles. The average Bonchev–Trinajstić information content (AvgIpc) is 2.57. The monoisotopic (exact) mass is 309 g/mol. The van der Waals surface area contributed by atoms with E-state index in [1.165, 1.54) is 5.56 Å². The SMILES string of the molecule is OC1(c2ccccc2)CCN2CC1(CCCc1ccccc1)O2. The molecule has 3 heteroatoms. The van der Waals surface area contributed by atoms with Crippen LogP contribution in [0.4, 0.5) is 0 Å². The van der Waals surface area contributed by atoms with Crippen LogP contribution in [-0.2, 0) is 16.9 Å². The Morgan fingerprint density at radius 1 is 1.00 bits per heavy atom. The third-order valence-corrected chi connectivity index (χ3v) is 5.35. The molecule has 0 amide bonds. The number of benzene rings is 2. The molecule has 1 N–H and O–H groups in total. The summed E-state index contributed by atoms with van der Waals surface area (Å²) in [5, 5.41) is 13.4. The molecule has 120 valence electrons. The van der Waals surface area contributed by atoms with Crippen molar-refractivity contribution in [3.8, 4) is 0 Å². The fourth-order valence-electron chi connectivity index (χ4n) is 4.05. The lowest BCUT2D eigenvalue weighted by Gasteiger charge is -2.62. The molecule has 0 aromatic heterocycles. The van der Waals surface area contributed by atoms with Gasteiger partial charge in [-0.2, -0.15) is 5.06 Å². The Bertz CT molecular complexity index is 652. The summed E-state index contributed by atoms with van der Waals surface area (Å²) in [6.07, 6.45) is 3.66. The molecule has 0 aliphatic carbocycles. The third kappa shape index (κ3) is 2.49. The van der Waals surface area contributed by atoms with Crippen LogP contribution in [-0.4, -0.2) is 28.9 Å². The predicted molar refractivity (Wildman–Crippen MR) is 89.7 cm³/mol. The maximum atomic E-state index is 11.4. The van der Waals surface area contributed by atoms with Crippen LogP contribution in [0.3, 0.4) is 0 Å². The number of fused-ring (bicyclic) bond motifs is 2. The van der Waals surface area contributed by atoms with Crippen LogP contribution in [0.25, 0.3) is 0 Å². The topological polar surface area (TPSA) is 32.7 Å². The molecule has 3 heterocycles. The number of rotatable bonds is 5. The van der Waals surface area contributed by atoms with Gasteiger partial charge < -0.3 is 5.11 Å². The molecule has 2 aromatic rings. The Labute approximate surface area is 137 Å². The summed E-state index contributed by atoms with van der Waals surface area (Å²) in [7, 11) is 0. The largest absolute Gasteiger partial charge is 0.382 e. The first kappa shape index (κ1) is 14.9. The van der Waals surface area contributed by atoms with Gasteiger partial charge in [0.15, 0.2) is 0 Å². The number of nitrogens with zero attached hydrogens (tertiary/aromatic N) is 1. The van der Waals surface area contributed by atoms with Gasteiger partial charge in [-0.3, -0.25) is 4.84 Å². The van der Waals surface area contributed by atoms with E-state index in [0.29, 0.717) is 0 Å². The molecule has 3 aliphatic rings. The molecule has 3 fully saturated rings. The lowest BCUT2D eigenvalue weighted by molar-refractivity contribution is -0.435. The Balaban J connectivity index is 1.51. The van der Waals surface area contributed by atoms with Crippen molar-refractivity contribution in [3.05, 3.63) is 71.8 Å². The Hall–Kier alpha value is -1.68. The standard InChI is InChI=1S/C20H23NO2/c22-20(18-11-5-2-6-12-18)14-15-21-16-19(20,23-21)13-7-10-17-8-3-1-4-9-17/h1-6,8-9,11-12,22H,7,10,13-16H2. The summed E-state index contributed by atoms with van der Waals surface area (Å²) in [5.41, 5.74) is 0.999. The van der Waals surface area contributed by atoms with E-state index in [0.717, 1.165) is 44.3 Å². The van der Waals surface area contributed by atoms with Crippen LogP contribution in [0.15, 0.2) is 60.7 Å². The van der Waals surface area contributed by atoms with Crippen molar-refractivity contribution in [3.63, 3.8) is 0 Å². The van der Waals surface area contributed by atoms with Crippen LogP contribution < -0.4 is 0 Å². The molecule has 0 radical (unpaired) electrons. The molecule has 23 heavy (non-hydrogen) atoms. The van der Waals surface area contributed by atoms with Gasteiger partial charge in [0.05, 0.1) is 6.54 Å². The Kier molecular flexibility index (Phi) is 3.72. The lowest BCUT2D eigenvalue weighted by atomic mass is 9.68. The van der Waals surface area contributed by atoms with E-state index < -0.39 is 11.2 Å². The predicted octanol–water partition coefficient (Wildman–Crippen LogP) is 3.29. The van der Waals surface area contributed by atoms with E-state index in [2.05, 4.69) is 24.3 Å². The summed E-state index contributed by atoms with van der Waals surface area (Å²) < 4.78 is 0. The van der Waals surface area contributed by atoms with Gasteiger partial charge in [0, 0.05) is 6.54 Å². The van der Waals surface area contributed by atoms with Gasteiger partial charge in [0.25, 0.3) is 0 Å². The van der Waals surface area contributed by atoms with Gasteiger partial charge in [-0.15, -0.1) is 0 Å². The fraction of sp³-hybridized carbons (Fsp3) is 0.400. The van der Waals surface area contributed by atoms with Gasteiger partial charge >= 0.3 is 0 Å². The summed E-state index contributed by atoms with van der Waals surface area (Å²) >= 11 is 0. The van der Waals surface area contributed by atoms with Crippen molar-refractivity contribution in [2.75, 3.05) is 13.1 Å². The second-order valence-corrected chi connectivity index (χ2v) is 6.76. The molecule has 3 aliphatic heterocycles. The second-order valence-electron chi connectivity index (χ2n) is 6.76. The molecule has 3 atom stereocenters. The van der Waals surface area contributed by atoms with Crippen molar-refractivity contribution < 1.29 is 9.94 Å². The normalized spacial score (nSPS) is 32.3. The van der Waals surface area contributed by atoms with E-state index >= 15 is 0 Å². The summed E-state index contributed by atoms with van der Waals surface area (Å²) in [4.78, 5) is 6.05. The van der Waals surface area contributed by atoms with Crippen LogP contribution >= 0.6 is 0 Å². The first-order valence-electron chi connectivity index (χ1n) is 8.48. The summed E-state index contributed by atoms with van der Waals surface area (Å²) in [6.45, 7) is 1.62. The van der Waals surface area contributed by atoms with E-state index in [4.69, 9.17) is 4.84 Å². The smallest absolute Gasteiger partial charge is 0.138 e. The van der Waals surface area contributed by atoms with Crippen molar-refractivity contribution in [1.29, 1.82) is 0 Å². The molecule has 2 aromatic carbocycles. The molecule has 0 spiro atoms. The van der Waals surface area contributed by atoms with Crippen LogP contribution in [0.2, 0.25) is 0 Å². The Morgan fingerprint density at radius 2 is 1.65 bits per heavy atom. The molecule has 2 bridgehead atoms. The minimum atomic E-state index is -0.875. The van der Waals surface area contributed by atoms with Gasteiger partial charge in [-0.05, 0) is 36.8 Å². The second kappa shape index (κ2) is 5.75. The fourth-order valence-corrected chi connectivity index (χ4v) is 4.05. The first-order chi connectivity index (χ1) is 11.2. The number of hydrogen-bond acceptors (Lipinski definition) is 3. The zero-order valence-corrected chi connectivity index (χ0v) is 13.3. The maximum Gasteiger partial charge on any atom is 0.138 e.